The van der Waals surface area contributed by atoms with Crippen molar-refractivity contribution in [3.05, 3.63) is 47.7 Å². The van der Waals surface area contributed by atoms with Crippen LogP contribution in [-0.4, -0.2) is 77.4 Å². The SMILES string of the molecule is NC(=O)c1cc(-c2ccc(CN3CCOCC3)cc2)nc2cnc(N[C@@H]3CNC[C@@H](F)C3)nc12. The van der Waals surface area contributed by atoms with Gasteiger partial charge in [0.15, 0.2) is 0 Å². The Labute approximate surface area is 196 Å². The number of hydrogen-bond donors (Lipinski definition) is 3. The minimum atomic E-state index is -0.919. The third-order valence-corrected chi connectivity index (χ3v) is 6.20. The molecule has 9 nitrogen and oxygen atoms in total. The Balaban J connectivity index is 1.39. The maximum Gasteiger partial charge on any atom is 0.251 e. The summed E-state index contributed by atoms with van der Waals surface area (Å²) in [7, 11) is 0. The summed E-state index contributed by atoms with van der Waals surface area (Å²) in [5.41, 5.74) is 9.50. The minimum absolute atomic E-state index is 0.138. The molecule has 178 valence electrons. The molecule has 2 aliphatic heterocycles. The highest BCUT2D eigenvalue weighted by Gasteiger charge is 2.22. The van der Waals surface area contributed by atoms with Crippen molar-refractivity contribution in [1.29, 1.82) is 0 Å². The lowest BCUT2D eigenvalue weighted by atomic mass is 10.0. The number of alkyl halides is 1. The van der Waals surface area contributed by atoms with Gasteiger partial charge in [-0.1, -0.05) is 24.3 Å². The molecule has 0 radical (unpaired) electrons. The lowest BCUT2D eigenvalue weighted by molar-refractivity contribution is 0.0342. The highest BCUT2D eigenvalue weighted by Crippen LogP contribution is 2.25. The van der Waals surface area contributed by atoms with Crippen LogP contribution in [0.15, 0.2) is 36.5 Å². The van der Waals surface area contributed by atoms with Crippen molar-refractivity contribution in [2.24, 2.45) is 5.73 Å². The van der Waals surface area contributed by atoms with E-state index in [1.165, 1.54) is 5.56 Å². The number of halogens is 1. The molecule has 1 aromatic carbocycles. The second kappa shape index (κ2) is 9.96. The minimum Gasteiger partial charge on any atom is -0.379 e. The number of rotatable bonds is 6. The summed E-state index contributed by atoms with van der Waals surface area (Å²) >= 11 is 0. The Kier molecular flexibility index (Phi) is 6.61. The molecule has 4 N–H and O–H groups in total. The highest BCUT2D eigenvalue weighted by atomic mass is 19.1. The van der Waals surface area contributed by atoms with E-state index in [4.69, 9.17) is 10.5 Å². The summed E-state index contributed by atoms with van der Waals surface area (Å²) in [5, 5.41) is 6.18. The normalized spacial score (nSPS) is 21.4. The van der Waals surface area contributed by atoms with Crippen LogP contribution in [0.5, 0.6) is 0 Å². The number of amides is 1. The fourth-order valence-corrected chi connectivity index (χ4v) is 4.41. The number of nitrogens with zero attached hydrogens (tertiary/aromatic N) is 4. The maximum absolute atomic E-state index is 13.7. The fourth-order valence-electron chi connectivity index (χ4n) is 4.41. The van der Waals surface area contributed by atoms with Gasteiger partial charge in [-0.15, -0.1) is 0 Å². The van der Waals surface area contributed by atoms with E-state index in [9.17, 15) is 9.18 Å². The Morgan fingerprint density at radius 3 is 2.74 bits per heavy atom. The van der Waals surface area contributed by atoms with Gasteiger partial charge < -0.3 is 21.1 Å². The first-order chi connectivity index (χ1) is 16.5. The molecular weight excluding hydrogens is 437 g/mol. The van der Waals surface area contributed by atoms with Crippen LogP contribution in [0.4, 0.5) is 10.3 Å². The molecule has 0 unspecified atom stereocenters. The molecule has 4 heterocycles. The zero-order valence-corrected chi connectivity index (χ0v) is 18.8. The van der Waals surface area contributed by atoms with Gasteiger partial charge in [-0.2, -0.15) is 0 Å². The van der Waals surface area contributed by atoms with E-state index >= 15 is 0 Å². The van der Waals surface area contributed by atoms with Gasteiger partial charge in [0.2, 0.25) is 5.95 Å². The third kappa shape index (κ3) is 5.14. The predicted molar refractivity (Wildman–Crippen MR) is 127 cm³/mol. The summed E-state index contributed by atoms with van der Waals surface area (Å²) in [5.74, 6) is -0.275. The molecule has 0 spiro atoms. The van der Waals surface area contributed by atoms with Crippen molar-refractivity contribution in [3.8, 4) is 11.3 Å². The van der Waals surface area contributed by atoms with Gasteiger partial charge in [0.25, 0.3) is 5.91 Å². The van der Waals surface area contributed by atoms with E-state index in [0.717, 1.165) is 38.4 Å². The van der Waals surface area contributed by atoms with Crippen LogP contribution < -0.4 is 16.4 Å². The fraction of sp³-hybridized carbons (Fsp3) is 0.417. The van der Waals surface area contributed by atoms with Crippen LogP contribution in [0.25, 0.3) is 22.3 Å². The number of ether oxygens (including phenoxy) is 1. The topological polar surface area (TPSA) is 118 Å². The summed E-state index contributed by atoms with van der Waals surface area (Å²) in [4.78, 5) is 28.1. The molecule has 1 amide bonds. The molecule has 34 heavy (non-hydrogen) atoms. The van der Waals surface area contributed by atoms with Crippen LogP contribution in [0.2, 0.25) is 0 Å². The van der Waals surface area contributed by atoms with Crippen LogP contribution in [-0.2, 0) is 11.3 Å². The summed E-state index contributed by atoms with van der Waals surface area (Å²) in [6.45, 7) is 5.22. The van der Waals surface area contributed by atoms with E-state index in [1.807, 2.05) is 12.1 Å². The average Bonchev–Trinajstić information content (AvgIpc) is 2.84. The van der Waals surface area contributed by atoms with Crippen LogP contribution in [0, 0.1) is 0 Å². The number of fused-ring (bicyclic) bond motifs is 1. The summed E-state index contributed by atoms with van der Waals surface area (Å²) < 4.78 is 19.1. The first-order valence-electron chi connectivity index (χ1n) is 11.5. The quantitative estimate of drug-likeness (QED) is 0.504. The van der Waals surface area contributed by atoms with Gasteiger partial charge in [-0.25, -0.2) is 19.3 Å². The van der Waals surface area contributed by atoms with E-state index < -0.39 is 12.1 Å². The maximum atomic E-state index is 13.7. The van der Waals surface area contributed by atoms with Crippen LogP contribution >= 0.6 is 0 Å². The third-order valence-electron chi connectivity index (χ3n) is 6.20. The molecule has 2 aliphatic rings. The standard InChI is InChI=1S/C24H28FN7O2/c25-17-9-18(12-27-11-17)29-24-28-13-21-22(31-24)19(23(26)33)10-20(30-21)16-3-1-15(2-4-16)14-32-5-7-34-8-6-32/h1-4,10,13,17-18,27H,5-9,11-12,14H2,(H2,26,33)(H,28,29,31)/t17-,18-/m0/s1. The van der Waals surface area contributed by atoms with Crippen LogP contribution in [0.3, 0.4) is 0 Å². The number of piperidine rings is 1. The van der Waals surface area contributed by atoms with Crippen molar-refractivity contribution >= 4 is 22.9 Å². The molecule has 0 aliphatic carbocycles. The second-order valence-corrected chi connectivity index (χ2v) is 8.76. The number of nitrogens with two attached hydrogens (primary N) is 1. The number of primary amides is 1. The molecule has 5 rings (SSSR count). The van der Waals surface area contributed by atoms with Gasteiger partial charge in [0.05, 0.1) is 30.7 Å². The molecule has 0 saturated carbocycles. The zero-order valence-electron chi connectivity index (χ0n) is 18.8. The molecule has 0 bridgehead atoms. The first kappa shape index (κ1) is 22.6. The van der Waals surface area contributed by atoms with E-state index in [1.54, 1.807) is 12.3 Å². The summed E-state index contributed by atoms with van der Waals surface area (Å²) in [6.07, 6.45) is 1.02. The second-order valence-electron chi connectivity index (χ2n) is 8.76. The number of morpholine rings is 1. The zero-order chi connectivity index (χ0) is 23.5. The average molecular weight is 466 g/mol. The molecule has 3 aromatic rings. The largest absolute Gasteiger partial charge is 0.379 e. The Bertz CT molecular complexity index is 1170. The lowest BCUT2D eigenvalue weighted by Crippen LogP contribution is -2.44. The molecule has 2 atom stereocenters. The molecule has 2 fully saturated rings. The van der Waals surface area contributed by atoms with Gasteiger partial charge in [-0.3, -0.25) is 9.69 Å². The Morgan fingerprint density at radius 1 is 1.21 bits per heavy atom. The number of carbonyl (C=O) groups is 1. The van der Waals surface area contributed by atoms with E-state index in [2.05, 4.69) is 42.6 Å². The van der Waals surface area contributed by atoms with Crippen molar-refractivity contribution in [3.63, 3.8) is 0 Å². The van der Waals surface area contributed by atoms with E-state index in [0.29, 0.717) is 42.2 Å². The number of carbonyl (C=O) groups excluding carboxylic acids is 1. The number of hydrogen-bond acceptors (Lipinski definition) is 8. The smallest absolute Gasteiger partial charge is 0.251 e. The Hall–Kier alpha value is -3.21. The number of benzene rings is 1. The number of anilines is 1. The number of nitrogens with one attached hydrogen (secondary N) is 2. The number of pyridine rings is 1. The van der Waals surface area contributed by atoms with Crippen molar-refractivity contribution < 1.29 is 13.9 Å². The molecular formula is C24H28FN7O2. The molecule has 10 heteroatoms. The van der Waals surface area contributed by atoms with E-state index in [-0.39, 0.29) is 11.6 Å². The predicted octanol–water partition coefficient (Wildman–Crippen LogP) is 1.73. The first-order valence-corrected chi connectivity index (χ1v) is 11.5. The van der Waals surface area contributed by atoms with Crippen molar-refractivity contribution in [2.45, 2.75) is 25.2 Å². The monoisotopic (exact) mass is 465 g/mol. The van der Waals surface area contributed by atoms with Gasteiger partial charge in [-0.05, 0) is 11.6 Å². The van der Waals surface area contributed by atoms with Crippen molar-refractivity contribution in [1.82, 2.24) is 25.2 Å². The highest BCUT2D eigenvalue weighted by molar-refractivity contribution is 6.05. The van der Waals surface area contributed by atoms with Crippen LogP contribution in [0.1, 0.15) is 22.3 Å². The Morgan fingerprint density at radius 2 is 2.00 bits per heavy atom. The summed E-state index contributed by atoms with van der Waals surface area (Å²) in [6, 6.07) is 9.66. The van der Waals surface area contributed by atoms with Gasteiger partial charge in [0, 0.05) is 50.7 Å². The van der Waals surface area contributed by atoms with Gasteiger partial charge in [0.1, 0.15) is 17.2 Å². The number of aromatic nitrogens is 3. The molecule has 2 saturated heterocycles. The molecule has 2 aromatic heterocycles. The van der Waals surface area contributed by atoms with Gasteiger partial charge >= 0.3 is 0 Å². The van der Waals surface area contributed by atoms with Crippen molar-refractivity contribution in [2.75, 3.05) is 44.7 Å². The lowest BCUT2D eigenvalue weighted by Gasteiger charge is -2.26.